The van der Waals surface area contributed by atoms with Crippen molar-refractivity contribution in [3.8, 4) is 5.75 Å². The molecule has 9 heteroatoms. The van der Waals surface area contributed by atoms with E-state index in [1.807, 2.05) is 37.3 Å². The average molecular weight is 451 g/mol. The van der Waals surface area contributed by atoms with Crippen molar-refractivity contribution in [3.05, 3.63) is 53.7 Å². The van der Waals surface area contributed by atoms with Gasteiger partial charge in [0.2, 0.25) is 5.75 Å². The lowest BCUT2D eigenvalue weighted by Crippen LogP contribution is -2.28. The zero-order chi connectivity index (χ0) is 22.5. The van der Waals surface area contributed by atoms with Crippen LogP contribution in [0.4, 0.5) is 17.5 Å². The molecule has 166 valence electrons. The van der Waals surface area contributed by atoms with E-state index in [0.717, 1.165) is 41.5 Å². The molecule has 1 aromatic carbocycles. The summed E-state index contributed by atoms with van der Waals surface area (Å²) in [5.41, 5.74) is 1.94. The molecule has 0 atom stereocenters. The first-order valence-corrected chi connectivity index (χ1v) is 11.2. The molecule has 0 aliphatic carbocycles. The Morgan fingerprint density at radius 1 is 1.25 bits per heavy atom. The molecule has 3 aromatic rings. The fraction of sp³-hybridized carbons (Fsp3) is 0.304. The molecule has 1 aliphatic heterocycles. The van der Waals surface area contributed by atoms with Crippen molar-refractivity contribution < 1.29 is 9.53 Å². The first-order valence-electron chi connectivity index (χ1n) is 10.4. The topological polar surface area (TPSA) is 96.0 Å². The number of hydrogen-bond donors (Lipinski definition) is 2. The van der Waals surface area contributed by atoms with Gasteiger partial charge in [-0.3, -0.25) is 9.89 Å². The average Bonchev–Trinajstić information content (AvgIpc) is 3.19. The number of H-pyrrole nitrogens is 1. The number of carbonyl (C=O) groups excluding carboxylic acids is 1. The molecular weight excluding hydrogens is 424 g/mol. The van der Waals surface area contributed by atoms with Crippen LogP contribution in [-0.2, 0) is 11.2 Å². The van der Waals surface area contributed by atoms with Gasteiger partial charge in [-0.25, -0.2) is 9.97 Å². The molecule has 0 saturated carbocycles. The van der Waals surface area contributed by atoms with Crippen LogP contribution in [0.5, 0.6) is 5.75 Å². The molecule has 0 amide bonds. The summed E-state index contributed by atoms with van der Waals surface area (Å²) in [5.74, 6) is 2.70. The first-order chi connectivity index (χ1) is 15.5. The van der Waals surface area contributed by atoms with E-state index in [0.29, 0.717) is 29.0 Å². The quantitative estimate of drug-likeness (QED) is 0.387. The Bertz CT molecular complexity index is 1130. The third-order valence-corrected chi connectivity index (χ3v) is 5.80. The van der Waals surface area contributed by atoms with Crippen LogP contribution in [0, 0.1) is 6.92 Å². The summed E-state index contributed by atoms with van der Waals surface area (Å²) in [6.45, 7) is 5.16. The number of benzene rings is 1. The standard InChI is InChI=1S/C23H26N6O2S/c1-15-13-19(28-27-15)24-21-20(31-3)22(29-11-5-4-6-12-29)26-23(25-21)32-18-9-7-17(8-10-18)14-16(2)30/h4-5,7-10,13H,6,11-12,14H2,1-3H3,(H2,24,25,26,27,28). The predicted molar refractivity (Wildman–Crippen MR) is 126 cm³/mol. The van der Waals surface area contributed by atoms with Crippen LogP contribution in [0.3, 0.4) is 0 Å². The van der Waals surface area contributed by atoms with Crippen molar-refractivity contribution in [1.29, 1.82) is 0 Å². The van der Waals surface area contributed by atoms with Crippen LogP contribution in [0.2, 0.25) is 0 Å². The second-order valence-corrected chi connectivity index (χ2v) is 8.64. The van der Waals surface area contributed by atoms with Gasteiger partial charge in [-0.05, 0) is 49.7 Å². The van der Waals surface area contributed by atoms with Gasteiger partial charge in [0.25, 0.3) is 0 Å². The Hall–Kier alpha value is -3.33. The number of nitrogens with zero attached hydrogens (tertiary/aromatic N) is 4. The number of aryl methyl sites for hydroxylation is 1. The number of ketones is 1. The molecule has 4 rings (SSSR count). The van der Waals surface area contributed by atoms with Crippen LogP contribution in [0.15, 0.2) is 52.5 Å². The molecule has 2 N–H and O–H groups in total. The molecule has 0 radical (unpaired) electrons. The monoisotopic (exact) mass is 450 g/mol. The zero-order valence-corrected chi connectivity index (χ0v) is 19.2. The number of carbonyl (C=O) groups is 1. The molecule has 2 aromatic heterocycles. The smallest absolute Gasteiger partial charge is 0.204 e. The summed E-state index contributed by atoms with van der Waals surface area (Å²) in [5, 5.41) is 11.1. The van der Waals surface area contributed by atoms with Gasteiger partial charge in [0.05, 0.1) is 7.11 Å². The summed E-state index contributed by atoms with van der Waals surface area (Å²) >= 11 is 1.47. The number of aromatic amines is 1. The molecule has 0 unspecified atom stereocenters. The van der Waals surface area contributed by atoms with Gasteiger partial charge in [-0.15, -0.1) is 0 Å². The van der Waals surface area contributed by atoms with Gasteiger partial charge in [0.1, 0.15) is 5.78 Å². The van der Waals surface area contributed by atoms with Crippen LogP contribution in [-0.4, -0.2) is 46.1 Å². The van der Waals surface area contributed by atoms with Crippen LogP contribution in [0.1, 0.15) is 24.6 Å². The van der Waals surface area contributed by atoms with Crippen LogP contribution in [0.25, 0.3) is 0 Å². The van der Waals surface area contributed by atoms with Crippen molar-refractivity contribution in [3.63, 3.8) is 0 Å². The lowest BCUT2D eigenvalue weighted by Gasteiger charge is -2.27. The predicted octanol–water partition coefficient (Wildman–Crippen LogP) is 4.31. The minimum absolute atomic E-state index is 0.147. The third kappa shape index (κ3) is 5.28. The SMILES string of the molecule is COc1c(Nc2cc(C)[nH]n2)nc(Sc2ccc(CC(C)=O)cc2)nc1N1CC=CCC1. The minimum atomic E-state index is 0.147. The molecule has 0 bridgehead atoms. The van der Waals surface area contributed by atoms with Crippen molar-refractivity contribution in [2.75, 3.05) is 30.4 Å². The largest absolute Gasteiger partial charge is 0.490 e. The molecule has 0 fully saturated rings. The highest BCUT2D eigenvalue weighted by Gasteiger charge is 2.22. The van der Waals surface area contributed by atoms with Gasteiger partial charge in [0, 0.05) is 36.2 Å². The molecule has 3 heterocycles. The number of anilines is 3. The van der Waals surface area contributed by atoms with E-state index >= 15 is 0 Å². The van der Waals surface area contributed by atoms with Crippen molar-refractivity contribution >= 4 is 35.0 Å². The number of nitrogens with one attached hydrogen (secondary N) is 2. The summed E-state index contributed by atoms with van der Waals surface area (Å²) in [7, 11) is 1.63. The Kier molecular flexibility index (Phi) is 6.75. The number of methoxy groups -OCH3 is 1. The number of ether oxygens (including phenoxy) is 1. The molecule has 8 nitrogen and oxygen atoms in total. The maximum Gasteiger partial charge on any atom is 0.204 e. The lowest BCUT2D eigenvalue weighted by atomic mass is 10.1. The summed E-state index contributed by atoms with van der Waals surface area (Å²) in [4.78, 5) is 24.1. The lowest BCUT2D eigenvalue weighted by molar-refractivity contribution is -0.116. The summed E-state index contributed by atoms with van der Waals surface area (Å²) in [6, 6.07) is 9.82. The van der Waals surface area contributed by atoms with Crippen molar-refractivity contribution in [2.24, 2.45) is 0 Å². The maximum absolute atomic E-state index is 11.4. The van der Waals surface area contributed by atoms with Crippen molar-refractivity contribution in [2.45, 2.75) is 36.7 Å². The van der Waals surface area contributed by atoms with E-state index < -0.39 is 0 Å². The minimum Gasteiger partial charge on any atom is -0.490 e. The van der Waals surface area contributed by atoms with E-state index in [1.54, 1.807) is 14.0 Å². The van der Waals surface area contributed by atoms with E-state index in [9.17, 15) is 4.79 Å². The van der Waals surface area contributed by atoms with Gasteiger partial charge >= 0.3 is 0 Å². The third-order valence-electron chi connectivity index (χ3n) is 4.93. The highest BCUT2D eigenvalue weighted by Crippen LogP contribution is 2.38. The number of rotatable bonds is 8. The van der Waals surface area contributed by atoms with Gasteiger partial charge in [0.15, 0.2) is 22.6 Å². The Morgan fingerprint density at radius 2 is 2.06 bits per heavy atom. The first kappa shape index (κ1) is 21.9. The Balaban J connectivity index is 1.68. The number of Topliss-reactive ketones (excluding diaryl/α,β-unsaturated/α-hetero) is 1. The summed E-state index contributed by atoms with van der Waals surface area (Å²) < 4.78 is 5.73. The van der Waals surface area contributed by atoms with Crippen molar-refractivity contribution in [1.82, 2.24) is 20.2 Å². The molecule has 1 aliphatic rings. The maximum atomic E-state index is 11.4. The fourth-order valence-corrected chi connectivity index (χ4v) is 4.21. The normalized spacial score (nSPS) is 13.3. The highest BCUT2D eigenvalue weighted by atomic mass is 32.2. The Labute approximate surface area is 191 Å². The van der Waals surface area contributed by atoms with Crippen LogP contribution >= 0.6 is 11.8 Å². The fourth-order valence-electron chi connectivity index (χ4n) is 3.46. The van der Waals surface area contributed by atoms with E-state index in [2.05, 4.69) is 32.6 Å². The summed E-state index contributed by atoms with van der Waals surface area (Å²) in [6.07, 6.45) is 5.70. The number of hydrogen-bond acceptors (Lipinski definition) is 8. The highest BCUT2D eigenvalue weighted by molar-refractivity contribution is 7.99. The molecule has 32 heavy (non-hydrogen) atoms. The second-order valence-electron chi connectivity index (χ2n) is 7.60. The molecule has 0 spiro atoms. The van der Waals surface area contributed by atoms with E-state index in [1.165, 1.54) is 11.8 Å². The van der Waals surface area contributed by atoms with E-state index in [-0.39, 0.29) is 5.78 Å². The molecule has 0 saturated heterocycles. The van der Waals surface area contributed by atoms with Gasteiger partial charge < -0.3 is 15.0 Å². The number of aromatic nitrogens is 4. The Morgan fingerprint density at radius 3 is 2.69 bits per heavy atom. The van der Waals surface area contributed by atoms with Gasteiger partial charge in [-0.1, -0.05) is 24.3 Å². The van der Waals surface area contributed by atoms with Crippen LogP contribution < -0.4 is 15.0 Å². The zero-order valence-electron chi connectivity index (χ0n) is 18.4. The van der Waals surface area contributed by atoms with E-state index in [4.69, 9.17) is 14.7 Å². The van der Waals surface area contributed by atoms with Gasteiger partial charge in [-0.2, -0.15) is 5.10 Å². The molecular formula is C23H26N6O2S. The second kappa shape index (κ2) is 9.86.